The fourth-order valence-electron chi connectivity index (χ4n) is 2.53. The van der Waals surface area contributed by atoms with E-state index in [0.29, 0.717) is 6.54 Å². The highest BCUT2D eigenvalue weighted by Crippen LogP contribution is 2.49. The lowest BCUT2D eigenvalue weighted by molar-refractivity contribution is 0.305. The van der Waals surface area contributed by atoms with Gasteiger partial charge in [-0.05, 0) is 43.2 Å². The molecule has 0 atom stereocenters. The first-order valence-corrected chi connectivity index (χ1v) is 7.29. The van der Waals surface area contributed by atoms with Crippen LogP contribution in [0.4, 0.5) is 11.4 Å². The Morgan fingerprint density at radius 2 is 1.84 bits per heavy atom. The van der Waals surface area contributed by atoms with E-state index in [-0.39, 0.29) is 6.61 Å². The van der Waals surface area contributed by atoms with Crippen molar-refractivity contribution in [1.82, 2.24) is 0 Å². The van der Waals surface area contributed by atoms with Crippen molar-refractivity contribution in [1.29, 1.82) is 0 Å². The molecule has 0 saturated heterocycles. The van der Waals surface area contributed by atoms with Gasteiger partial charge in [-0.25, -0.2) is 0 Å². The largest absolute Gasteiger partial charge is 0.395 e. The van der Waals surface area contributed by atoms with Crippen molar-refractivity contribution in [2.45, 2.75) is 23.6 Å². The lowest BCUT2D eigenvalue weighted by Gasteiger charge is -2.34. The minimum absolute atomic E-state index is 0.159. The molecular weight excluding hydrogens is 254 g/mol. The number of benzene rings is 2. The van der Waals surface area contributed by atoms with Crippen LogP contribution in [0.5, 0.6) is 0 Å². The number of para-hydroxylation sites is 1. The second-order valence-electron chi connectivity index (χ2n) is 4.80. The van der Waals surface area contributed by atoms with Crippen LogP contribution in [0.2, 0.25) is 0 Å². The van der Waals surface area contributed by atoms with Gasteiger partial charge in [0.2, 0.25) is 0 Å². The molecule has 1 heterocycles. The number of nitrogens with zero attached hydrogens (tertiary/aromatic N) is 1. The smallest absolute Gasteiger partial charge is 0.0610 e. The summed E-state index contributed by atoms with van der Waals surface area (Å²) in [6, 6.07) is 12.7. The molecule has 0 aliphatic carbocycles. The quantitative estimate of drug-likeness (QED) is 0.896. The highest BCUT2D eigenvalue weighted by atomic mass is 32.2. The predicted octanol–water partition coefficient (Wildman–Crippen LogP) is 3.90. The van der Waals surface area contributed by atoms with Crippen LogP contribution in [0.3, 0.4) is 0 Å². The van der Waals surface area contributed by atoms with E-state index in [1.807, 2.05) is 11.8 Å². The molecule has 0 amide bonds. The summed E-state index contributed by atoms with van der Waals surface area (Å²) in [6.07, 6.45) is 0. The summed E-state index contributed by atoms with van der Waals surface area (Å²) in [5.74, 6) is 0. The lowest BCUT2D eigenvalue weighted by atomic mass is 10.1. The van der Waals surface area contributed by atoms with Crippen molar-refractivity contribution in [2.24, 2.45) is 0 Å². The van der Waals surface area contributed by atoms with Crippen molar-refractivity contribution in [3.05, 3.63) is 47.5 Å². The van der Waals surface area contributed by atoms with Crippen molar-refractivity contribution in [3.8, 4) is 0 Å². The van der Waals surface area contributed by atoms with E-state index < -0.39 is 0 Å². The summed E-state index contributed by atoms with van der Waals surface area (Å²) in [5.41, 5.74) is 5.04. The summed E-state index contributed by atoms with van der Waals surface area (Å²) in [5, 5.41) is 9.38. The van der Waals surface area contributed by atoms with Crippen LogP contribution in [-0.2, 0) is 0 Å². The fourth-order valence-corrected chi connectivity index (χ4v) is 3.69. The van der Waals surface area contributed by atoms with Crippen LogP contribution in [0.1, 0.15) is 11.1 Å². The van der Waals surface area contributed by atoms with E-state index >= 15 is 0 Å². The van der Waals surface area contributed by atoms with Crippen LogP contribution in [0.15, 0.2) is 46.2 Å². The molecule has 0 spiro atoms. The van der Waals surface area contributed by atoms with Gasteiger partial charge in [-0.15, -0.1) is 0 Å². The molecule has 1 aliphatic heterocycles. The Morgan fingerprint density at radius 1 is 1.05 bits per heavy atom. The van der Waals surface area contributed by atoms with E-state index in [0.717, 1.165) is 0 Å². The molecule has 0 fully saturated rings. The third kappa shape index (κ3) is 2.03. The first kappa shape index (κ1) is 12.6. The molecular formula is C16H17NOS. The first-order valence-electron chi connectivity index (χ1n) is 6.48. The molecule has 0 bridgehead atoms. The number of hydrogen-bond acceptors (Lipinski definition) is 3. The normalized spacial score (nSPS) is 13.1. The third-order valence-electron chi connectivity index (χ3n) is 3.63. The second kappa shape index (κ2) is 4.91. The topological polar surface area (TPSA) is 23.5 Å². The van der Waals surface area contributed by atoms with Crippen LogP contribution in [0, 0.1) is 13.8 Å². The molecule has 0 saturated carbocycles. The molecule has 3 heteroatoms. The number of aliphatic hydroxyl groups excluding tert-OH is 1. The SMILES string of the molecule is Cc1ccc2c(c1C)N(CCO)c1ccccc1S2. The molecule has 2 aromatic rings. The predicted molar refractivity (Wildman–Crippen MR) is 80.6 cm³/mol. The average Bonchev–Trinajstić information content (AvgIpc) is 2.43. The first-order chi connectivity index (χ1) is 9.22. The molecule has 0 unspecified atom stereocenters. The molecule has 3 rings (SSSR count). The average molecular weight is 271 g/mol. The highest BCUT2D eigenvalue weighted by Gasteiger charge is 2.24. The summed E-state index contributed by atoms with van der Waals surface area (Å²) < 4.78 is 0. The Kier molecular flexibility index (Phi) is 3.25. The zero-order valence-electron chi connectivity index (χ0n) is 11.2. The summed E-state index contributed by atoms with van der Waals surface area (Å²) in [4.78, 5) is 4.77. The van der Waals surface area contributed by atoms with Gasteiger partial charge in [0.15, 0.2) is 0 Å². The molecule has 1 aliphatic rings. The Bertz CT molecular complexity index is 624. The third-order valence-corrected chi connectivity index (χ3v) is 4.75. The number of β-amino-alcohol motifs (C(OH)–C–C–N with tert-alkyl or cyclic N) is 1. The molecule has 19 heavy (non-hydrogen) atoms. The van der Waals surface area contributed by atoms with Crippen LogP contribution >= 0.6 is 11.8 Å². The Balaban J connectivity index is 2.21. The van der Waals surface area contributed by atoms with Gasteiger partial charge in [0, 0.05) is 16.3 Å². The Labute approximate surface area is 118 Å². The number of aryl methyl sites for hydroxylation is 1. The summed E-state index contributed by atoms with van der Waals surface area (Å²) in [6.45, 7) is 5.09. The minimum Gasteiger partial charge on any atom is -0.395 e. The maximum atomic E-state index is 9.38. The van der Waals surface area contributed by atoms with Gasteiger partial charge in [-0.1, -0.05) is 30.0 Å². The highest BCUT2D eigenvalue weighted by molar-refractivity contribution is 7.99. The monoisotopic (exact) mass is 271 g/mol. The second-order valence-corrected chi connectivity index (χ2v) is 5.88. The maximum absolute atomic E-state index is 9.38. The molecule has 2 aromatic carbocycles. The van der Waals surface area contributed by atoms with Crippen molar-refractivity contribution in [3.63, 3.8) is 0 Å². The van der Waals surface area contributed by atoms with Gasteiger partial charge < -0.3 is 10.0 Å². The minimum atomic E-state index is 0.159. The van der Waals surface area contributed by atoms with Crippen LogP contribution < -0.4 is 4.90 Å². The van der Waals surface area contributed by atoms with E-state index in [2.05, 4.69) is 55.1 Å². The van der Waals surface area contributed by atoms with E-state index in [9.17, 15) is 5.11 Å². The number of aliphatic hydroxyl groups is 1. The van der Waals surface area contributed by atoms with E-state index in [4.69, 9.17) is 0 Å². The van der Waals surface area contributed by atoms with Gasteiger partial charge in [-0.2, -0.15) is 0 Å². The molecule has 0 radical (unpaired) electrons. The van der Waals surface area contributed by atoms with Gasteiger partial charge in [0.1, 0.15) is 0 Å². The molecule has 0 aromatic heterocycles. The zero-order valence-corrected chi connectivity index (χ0v) is 12.0. The Hall–Kier alpha value is -1.45. The van der Waals surface area contributed by atoms with Gasteiger partial charge in [0.25, 0.3) is 0 Å². The maximum Gasteiger partial charge on any atom is 0.0610 e. The van der Waals surface area contributed by atoms with E-state index in [1.165, 1.54) is 32.3 Å². The van der Waals surface area contributed by atoms with Gasteiger partial charge in [0.05, 0.1) is 18.0 Å². The van der Waals surface area contributed by atoms with Crippen LogP contribution in [0.25, 0.3) is 0 Å². The Morgan fingerprint density at radius 3 is 2.63 bits per heavy atom. The summed E-state index contributed by atoms with van der Waals surface area (Å²) in [7, 11) is 0. The van der Waals surface area contributed by atoms with Gasteiger partial charge >= 0.3 is 0 Å². The van der Waals surface area contributed by atoms with Crippen LogP contribution in [-0.4, -0.2) is 18.3 Å². The fraction of sp³-hybridized carbons (Fsp3) is 0.250. The summed E-state index contributed by atoms with van der Waals surface area (Å²) >= 11 is 1.81. The number of anilines is 2. The van der Waals surface area contributed by atoms with Crippen molar-refractivity contribution >= 4 is 23.1 Å². The molecule has 1 N–H and O–H groups in total. The number of rotatable bonds is 2. The van der Waals surface area contributed by atoms with Crippen molar-refractivity contribution in [2.75, 3.05) is 18.1 Å². The number of hydrogen-bond donors (Lipinski definition) is 1. The molecule has 98 valence electrons. The van der Waals surface area contributed by atoms with Crippen molar-refractivity contribution < 1.29 is 5.11 Å². The standard InChI is InChI=1S/C16H17NOS/c1-11-7-8-15-16(12(11)2)17(9-10-18)13-5-3-4-6-14(13)19-15/h3-8,18H,9-10H2,1-2H3. The molecule has 2 nitrogen and oxygen atoms in total. The zero-order chi connectivity index (χ0) is 13.4. The lowest BCUT2D eigenvalue weighted by Crippen LogP contribution is -2.25. The number of fused-ring (bicyclic) bond motifs is 2. The van der Waals surface area contributed by atoms with E-state index in [1.54, 1.807) is 0 Å². The van der Waals surface area contributed by atoms with Gasteiger partial charge in [-0.3, -0.25) is 0 Å².